The Morgan fingerprint density at radius 3 is 2.87 bits per heavy atom. The third-order valence-corrected chi connectivity index (χ3v) is 6.66. The molecule has 1 fully saturated rings. The molecular weight excluding hydrogens is 413 g/mol. The van der Waals surface area contributed by atoms with Crippen molar-refractivity contribution in [3.63, 3.8) is 0 Å². The van der Waals surface area contributed by atoms with Crippen LogP contribution in [0.5, 0.6) is 0 Å². The van der Waals surface area contributed by atoms with Gasteiger partial charge in [0.15, 0.2) is 5.82 Å². The van der Waals surface area contributed by atoms with Gasteiger partial charge in [-0.05, 0) is 51.1 Å². The predicted octanol–water partition coefficient (Wildman–Crippen LogP) is 3.99. The van der Waals surface area contributed by atoms with Crippen LogP contribution in [-0.2, 0) is 0 Å². The summed E-state index contributed by atoms with van der Waals surface area (Å²) < 4.78 is 18.1. The van der Waals surface area contributed by atoms with Crippen molar-refractivity contribution >= 4 is 17.3 Å². The van der Waals surface area contributed by atoms with Crippen LogP contribution in [0.25, 0.3) is 16.6 Å². The number of nitrogens with zero attached hydrogens (tertiary/aromatic N) is 6. The molecule has 0 amide bonds. The minimum absolute atomic E-state index is 0.258. The molecule has 0 bridgehead atoms. The van der Waals surface area contributed by atoms with Crippen LogP contribution in [-0.4, -0.2) is 37.5 Å². The Morgan fingerprint density at radius 1 is 1.26 bits per heavy atom. The van der Waals surface area contributed by atoms with Gasteiger partial charge in [-0.25, -0.2) is 13.9 Å². The maximum atomic E-state index is 14.3. The van der Waals surface area contributed by atoms with Crippen molar-refractivity contribution in [3.05, 3.63) is 60.1 Å². The van der Waals surface area contributed by atoms with E-state index in [1.165, 1.54) is 24.0 Å². The molecule has 7 nitrogen and oxygen atoms in total. The minimum atomic E-state index is -0.399. The van der Waals surface area contributed by atoms with Gasteiger partial charge in [-0.1, -0.05) is 11.8 Å². The summed E-state index contributed by atoms with van der Waals surface area (Å²) in [7, 11) is 0. The van der Waals surface area contributed by atoms with E-state index in [0.29, 0.717) is 17.1 Å². The van der Waals surface area contributed by atoms with Gasteiger partial charge in [-0.15, -0.1) is 0 Å². The molecule has 1 saturated heterocycles. The molecule has 0 spiro atoms. The van der Waals surface area contributed by atoms with Crippen molar-refractivity contribution in [2.24, 2.45) is 0 Å². The van der Waals surface area contributed by atoms with Gasteiger partial charge in [0.05, 0.1) is 29.5 Å². The van der Waals surface area contributed by atoms with Crippen LogP contribution >= 0.6 is 11.8 Å². The van der Waals surface area contributed by atoms with Gasteiger partial charge in [-0.2, -0.15) is 15.5 Å². The number of aromatic nitrogens is 5. The summed E-state index contributed by atoms with van der Waals surface area (Å²) in [6, 6.07) is 7.46. The smallest absolute Gasteiger partial charge is 0.155 e. The van der Waals surface area contributed by atoms with E-state index >= 15 is 0 Å². The first-order valence-electron chi connectivity index (χ1n) is 10.1. The highest BCUT2D eigenvalue weighted by molar-refractivity contribution is 7.99. The van der Waals surface area contributed by atoms with Crippen LogP contribution in [0.2, 0.25) is 0 Å². The van der Waals surface area contributed by atoms with Crippen LogP contribution in [0.15, 0.2) is 52.9 Å². The molecule has 0 aliphatic carbocycles. The third kappa shape index (κ3) is 3.58. The average Bonchev–Trinajstić information content (AvgIpc) is 3.39. The molecular formula is C22H20FN7S. The Morgan fingerprint density at radius 2 is 2.10 bits per heavy atom. The number of rotatable bonds is 4. The Balaban J connectivity index is 1.62. The van der Waals surface area contributed by atoms with Crippen LogP contribution < -0.4 is 5.32 Å². The number of nitrogens with one attached hydrogen (secondary N) is 1. The first kappa shape index (κ1) is 19.7. The molecule has 9 heteroatoms. The Labute approximate surface area is 182 Å². The van der Waals surface area contributed by atoms with E-state index in [9.17, 15) is 9.65 Å². The third-order valence-electron chi connectivity index (χ3n) is 5.64. The quantitative estimate of drug-likeness (QED) is 0.524. The maximum Gasteiger partial charge on any atom is 0.155 e. The fourth-order valence-corrected chi connectivity index (χ4v) is 5.04. The van der Waals surface area contributed by atoms with E-state index < -0.39 is 5.82 Å². The van der Waals surface area contributed by atoms with E-state index in [2.05, 4.69) is 38.2 Å². The largest absolute Gasteiger partial charge is 0.317 e. The number of nitriles is 1. The van der Waals surface area contributed by atoms with Crippen molar-refractivity contribution in [1.82, 2.24) is 29.7 Å². The van der Waals surface area contributed by atoms with Crippen molar-refractivity contribution in [2.75, 3.05) is 13.1 Å². The fourth-order valence-electron chi connectivity index (χ4n) is 4.07. The number of halogens is 1. The van der Waals surface area contributed by atoms with Gasteiger partial charge in [0, 0.05) is 34.1 Å². The highest BCUT2D eigenvalue weighted by atomic mass is 32.2. The second-order valence-corrected chi connectivity index (χ2v) is 8.55. The molecule has 0 saturated carbocycles. The summed E-state index contributed by atoms with van der Waals surface area (Å²) in [5.41, 5.74) is 4.07. The molecule has 1 aliphatic rings. The van der Waals surface area contributed by atoms with Gasteiger partial charge in [-0.3, -0.25) is 4.68 Å². The summed E-state index contributed by atoms with van der Waals surface area (Å²) in [6.45, 7) is 4.06. The molecule has 5 heterocycles. The second-order valence-electron chi connectivity index (χ2n) is 7.52. The molecule has 0 aromatic carbocycles. The monoisotopic (exact) mass is 433 g/mol. The second kappa shape index (κ2) is 8.13. The van der Waals surface area contributed by atoms with Gasteiger partial charge in [0.2, 0.25) is 0 Å². The molecule has 4 aromatic heterocycles. The zero-order valence-corrected chi connectivity index (χ0v) is 17.7. The molecule has 156 valence electrons. The minimum Gasteiger partial charge on any atom is -0.317 e. The number of piperidine rings is 1. The highest BCUT2D eigenvalue weighted by Crippen LogP contribution is 2.37. The molecule has 1 N–H and O–H groups in total. The number of pyridine rings is 2. The summed E-state index contributed by atoms with van der Waals surface area (Å²) in [4.78, 5) is 4.88. The van der Waals surface area contributed by atoms with Crippen molar-refractivity contribution < 1.29 is 4.39 Å². The zero-order chi connectivity index (χ0) is 21.4. The van der Waals surface area contributed by atoms with Gasteiger partial charge in [0.25, 0.3) is 0 Å². The lowest BCUT2D eigenvalue weighted by Crippen LogP contribution is -2.30. The Kier molecular flexibility index (Phi) is 5.18. The summed E-state index contributed by atoms with van der Waals surface area (Å²) in [6.07, 6.45) is 8.96. The Bertz CT molecular complexity index is 1300. The molecule has 0 radical (unpaired) electrons. The number of fused-ring (bicyclic) bond motifs is 1. The Hall–Kier alpha value is -3.22. The van der Waals surface area contributed by atoms with Crippen LogP contribution in [0.3, 0.4) is 0 Å². The zero-order valence-electron chi connectivity index (χ0n) is 16.9. The maximum absolute atomic E-state index is 14.3. The first-order chi connectivity index (χ1) is 15.2. The summed E-state index contributed by atoms with van der Waals surface area (Å²) >= 11 is 1.19. The van der Waals surface area contributed by atoms with E-state index in [4.69, 9.17) is 0 Å². The molecule has 0 unspecified atom stereocenters. The lowest BCUT2D eigenvalue weighted by molar-refractivity contribution is 0.338. The molecule has 5 rings (SSSR count). The van der Waals surface area contributed by atoms with Crippen LogP contribution in [0.1, 0.15) is 30.1 Å². The van der Waals surface area contributed by atoms with Gasteiger partial charge >= 0.3 is 0 Å². The number of hydrogen-bond acceptors (Lipinski definition) is 6. The van der Waals surface area contributed by atoms with E-state index in [1.54, 1.807) is 16.8 Å². The predicted molar refractivity (Wildman–Crippen MR) is 115 cm³/mol. The van der Waals surface area contributed by atoms with Gasteiger partial charge < -0.3 is 5.32 Å². The molecule has 4 aromatic rings. The molecule has 1 aliphatic heterocycles. The van der Waals surface area contributed by atoms with Crippen molar-refractivity contribution in [3.8, 4) is 17.2 Å². The lowest BCUT2D eigenvalue weighted by Gasteiger charge is -2.24. The fraction of sp³-hybridized carbons (Fsp3) is 0.273. The first-order valence-corrected chi connectivity index (χ1v) is 10.9. The molecule has 0 atom stereocenters. The summed E-state index contributed by atoms with van der Waals surface area (Å²) in [5.74, 6) is -0.399. The van der Waals surface area contributed by atoms with Gasteiger partial charge in [0.1, 0.15) is 11.1 Å². The van der Waals surface area contributed by atoms with Crippen molar-refractivity contribution in [2.45, 2.75) is 35.7 Å². The lowest BCUT2D eigenvalue weighted by atomic mass is 10.1. The number of hydrogen-bond donors (Lipinski definition) is 1. The van der Waals surface area contributed by atoms with E-state index in [1.807, 2.05) is 18.5 Å². The van der Waals surface area contributed by atoms with E-state index in [-0.39, 0.29) is 5.03 Å². The standard InChI is InChI=1S/C22H20FN7S/c1-14-18(12-28-30(14)17-4-7-25-8-5-17)15-9-20(31-22-19(23)3-2-6-26-22)21-16(10-24)11-27-29(21)13-15/h2-3,6,9,11-13,17,25H,4-5,7-8H2,1H3. The normalized spacial score (nSPS) is 14.7. The van der Waals surface area contributed by atoms with Crippen LogP contribution in [0.4, 0.5) is 4.39 Å². The SMILES string of the molecule is Cc1c(-c2cc(Sc3ncccc3F)c3c(C#N)cnn3c2)cnn1C1CCNCC1. The average molecular weight is 434 g/mol. The van der Waals surface area contributed by atoms with E-state index in [0.717, 1.165) is 47.6 Å². The van der Waals surface area contributed by atoms with Crippen LogP contribution in [0, 0.1) is 24.1 Å². The van der Waals surface area contributed by atoms with Crippen molar-refractivity contribution in [1.29, 1.82) is 5.26 Å². The highest BCUT2D eigenvalue weighted by Gasteiger charge is 2.21. The molecule has 31 heavy (non-hydrogen) atoms. The summed E-state index contributed by atoms with van der Waals surface area (Å²) in [5, 5.41) is 22.2. The topological polar surface area (TPSA) is 83.8 Å².